The number of phenolic OH excluding ortho intramolecular Hbond substituents is 1. The molecule has 0 aliphatic rings. The summed E-state index contributed by atoms with van der Waals surface area (Å²) in [4.78, 5) is 10.0. The Kier molecular flexibility index (Phi) is 12.4. The molecular weight excluding hydrogens is 158 g/mol. The number of nitrogens with zero attached hydrogens (tertiary/aromatic N) is 1. The van der Waals surface area contributed by atoms with Gasteiger partial charge in [0.2, 0.25) is 4.91 Å². The van der Waals surface area contributed by atoms with Gasteiger partial charge in [0.25, 0.3) is 0 Å². The molecule has 0 spiro atoms. The van der Waals surface area contributed by atoms with Crippen LogP contribution in [0, 0.1) is 11.1 Å². The third kappa shape index (κ3) is 10.9. The van der Waals surface area contributed by atoms with E-state index < -0.39 is 0 Å². The Morgan fingerprint density at radius 2 is 1.50 bits per heavy atom. The molecule has 0 saturated carbocycles. The van der Waals surface area contributed by atoms with Gasteiger partial charge < -0.3 is 9.90 Å². The van der Waals surface area contributed by atoms with Crippen LogP contribution in [-0.2, 0) is 4.79 Å². The number of nitrogens with one attached hydrogen (secondary N) is 2. The molecule has 0 atom stereocenters. The third-order valence-electron chi connectivity index (χ3n) is 0.756. The normalized spacial score (nSPS) is 6.00. The quantitative estimate of drug-likeness (QED) is 0.402. The number of phenols is 1. The highest BCUT2D eigenvalue weighted by molar-refractivity contribution is 5.18. The van der Waals surface area contributed by atoms with Gasteiger partial charge in [0, 0.05) is 0 Å². The van der Waals surface area contributed by atoms with Crippen molar-refractivity contribution < 1.29 is 9.90 Å². The maximum atomic E-state index is 8.63. The highest BCUT2D eigenvalue weighted by Crippen LogP contribution is 2.02. The lowest BCUT2D eigenvalue weighted by Gasteiger charge is -1.82. The molecule has 0 saturated heterocycles. The van der Waals surface area contributed by atoms with Crippen molar-refractivity contribution in [1.82, 2.24) is 4.91 Å². The predicted molar refractivity (Wildman–Crippen MR) is 42.8 cm³/mol. The van der Waals surface area contributed by atoms with E-state index >= 15 is 0 Å². The van der Waals surface area contributed by atoms with Gasteiger partial charge in [-0.15, -0.1) is 0 Å². The maximum Gasteiger partial charge on any atom is 0.211 e. The van der Waals surface area contributed by atoms with Gasteiger partial charge in [-0.05, 0) is 12.1 Å². The van der Waals surface area contributed by atoms with Gasteiger partial charge in [0.1, 0.15) is 23.6 Å². The van der Waals surface area contributed by atoms with E-state index in [2.05, 4.69) is 0 Å². The summed E-state index contributed by atoms with van der Waals surface area (Å²) in [5.74, 6) is 0.322. The molecule has 0 radical (unpaired) electrons. The van der Waals surface area contributed by atoms with Crippen LogP contribution < -0.4 is 4.91 Å². The summed E-state index contributed by atoms with van der Waals surface area (Å²) in [6.45, 7) is 2.00. The summed E-state index contributed by atoms with van der Waals surface area (Å²) in [5.41, 5.74) is 11.0. The molecule has 0 aromatic heterocycles. The van der Waals surface area contributed by atoms with Crippen molar-refractivity contribution in [3.63, 3.8) is 0 Å². The van der Waals surface area contributed by atoms with Crippen LogP contribution in [0.3, 0.4) is 0 Å². The first-order chi connectivity index (χ1) is 5.81. The molecule has 0 aliphatic heterocycles. The van der Waals surface area contributed by atoms with E-state index in [0.29, 0.717) is 5.75 Å². The van der Waals surface area contributed by atoms with Gasteiger partial charge in [0.05, 0.1) is 0 Å². The average molecular weight is 168 g/mol. The molecule has 0 aliphatic carbocycles. The Bertz CT molecular complexity index is 219. The van der Waals surface area contributed by atoms with Crippen LogP contribution in [0.4, 0.5) is 0 Å². The Morgan fingerprint density at radius 1 is 1.17 bits per heavy atom. The highest BCUT2D eigenvalue weighted by Gasteiger charge is 1.74. The van der Waals surface area contributed by atoms with Crippen LogP contribution >= 0.6 is 0 Å². The van der Waals surface area contributed by atoms with Gasteiger partial charge in [0.15, 0.2) is 0 Å². The van der Waals surface area contributed by atoms with Crippen LogP contribution in [0.2, 0.25) is 0 Å². The zero-order valence-corrected chi connectivity index (χ0v) is 6.40. The summed E-state index contributed by atoms with van der Waals surface area (Å²) in [6, 6.07) is 8.71. The molecule has 1 rings (SSSR count). The second kappa shape index (κ2) is 11.8. The second-order valence-electron chi connectivity index (χ2n) is 1.45. The SMILES string of the molecule is C=O.N=[N+]=N.Oc1ccccc1. The van der Waals surface area contributed by atoms with E-state index in [4.69, 9.17) is 21.0 Å². The first kappa shape index (κ1) is 12.7. The first-order valence-corrected chi connectivity index (χ1v) is 2.87. The number of hydrogen-bond donors (Lipinski definition) is 3. The van der Waals surface area contributed by atoms with Crippen LogP contribution in [0.5, 0.6) is 5.75 Å². The van der Waals surface area contributed by atoms with Gasteiger partial charge in [-0.1, -0.05) is 18.2 Å². The lowest BCUT2D eigenvalue weighted by Crippen LogP contribution is -1.56. The molecule has 1 aromatic carbocycles. The standard InChI is InChI=1S/C6H6O.CH2O.H2N3/c7-6-4-2-1-3-5-6;1-2;1-3-2/h1-5,7H;1H2;1-2H/q;;+1. The lowest BCUT2D eigenvalue weighted by atomic mass is 10.3. The smallest absolute Gasteiger partial charge is 0.211 e. The fraction of sp³-hybridized carbons (Fsp3) is 0. The van der Waals surface area contributed by atoms with Gasteiger partial charge in [-0.2, -0.15) is 0 Å². The van der Waals surface area contributed by atoms with Crippen LogP contribution in [0.1, 0.15) is 0 Å². The van der Waals surface area contributed by atoms with Crippen molar-refractivity contribution in [3.8, 4) is 5.75 Å². The molecule has 3 N–H and O–H groups in total. The number of carbonyl (C=O) groups excluding carboxylic acids is 1. The molecular formula is C7H10N3O2+. The van der Waals surface area contributed by atoms with Crippen molar-refractivity contribution in [2.45, 2.75) is 0 Å². The largest absolute Gasteiger partial charge is 0.508 e. The van der Waals surface area contributed by atoms with Crippen molar-refractivity contribution in [1.29, 1.82) is 11.1 Å². The number of hydrogen-bond acceptors (Lipinski definition) is 4. The minimum absolute atomic E-state index is 0.322. The molecule has 0 bridgehead atoms. The number of aromatic hydroxyl groups is 1. The molecule has 12 heavy (non-hydrogen) atoms. The predicted octanol–water partition coefficient (Wildman–Crippen LogP) is 1.32. The van der Waals surface area contributed by atoms with Gasteiger partial charge in [-0.3, -0.25) is 0 Å². The minimum atomic E-state index is 0.322. The molecule has 0 heterocycles. The summed E-state index contributed by atoms with van der Waals surface area (Å²) >= 11 is 0. The number of carbonyl (C=O) groups is 1. The molecule has 0 fully saturated rings. The average Bonchev–Trinajstić information content (AvgIpc) is 2.11. The summed E-state index contributed by atoms with van der Waals surface area (Å²) in [7, 11) is 0. The fourth-order valence-corrected chi connectivity index (χ4v) is 0.428. The minimum Gasteiger partial charge on any atom is -0.508 e. The van der Waals surface area contributed by atoms with Crippen molar-refractivity contribution in [2.75, 3.05) is 0 Å². The van der Waals surface area contributed by atoms with E-state index in [1.54, 1.807) is 24.3 Å². The van der Waals surface area contributed by atoms with E-state index in [1.807, 2.05) is 17.8 Å². The van der Waals surface area contributed by atoms with Crippen molar-refractivity contribution in [3.05, 3.63) is 30.3 Å². The van der Waals surface area contributed by atoms with E-state index in [-0.39, 0.29) is 0 Å². The zero-order valence-electron chi connectivity index (χ0n) is 6.40. The Labute approximate surface area is 69.7 Å². The highest BCUT2D eigenvalue weighted by atomic mass is 16.3. The number of benzene rings is 1. The van der Waals surface area contributed by atoms with Crippen LogP contribution in [0.15, 0.2) is 30.3 Å². The Morgan fingerprint density at radius 3 is 1.67 bits per heavy atom. The maximum absolute atomic E-state index is 8.63. The van der Waals surface area contributed by atoms with Crippen LogP contribution in [-0.4, -0.2) is 11.9 Å². The Balaban J connectivity index is 0. The van der Waals surface area contributed by atoms with Crippen molar-refractivity contribution in [2.24, 2.45) is 0 Å². The Hall–Kier alpha value is -2.00. The van der Waals surface area contributed by atoms with Crippen LogP contribution in [0.25, 0.3) is 0 Å². The summed E-state index contributed by atoms with van der Waals surface area (Å²) in [5, 5.41) is 8.63. The molecule has 64 valence electrons. The van der Waals surface area contributed by atoms with Gasteiger partial charge in [-0.25, -0.2) is 0 Å². The lowest BCUT2D eigenvalue weighted by molar-refractivity contribution is -0.0979. The number of para-hydroxylation sites is 1. The fourth-order valence-electron chi connectivity index (χ4n) is 0.428. The van der Waals surface area contributed by atoms with E-state index in [0.717, 1.165) is 0 Å². The molecule has 5 nitrogen and oxygen atoms in total. The zero-order chi connectivity index (χ0) is 9.82. The molecule has 5 heteroatoms. The van der Waals surface area contributed by atoms with E-state index in [9.17, 15) is 0 Å². The summed E-state index contributed by atoms with van der Waals surface area (Å²) in [6.07, 6.45) is 0. The van der Waals surface area contributed by atoms with Gasteiger partial charge >= 0.3 is 0 Å². The number of rotatable bonds is 0. The van der Waals surface area contributed by atoms with E-state index in [1.165, 1.54) is 0 Å². The third-order valence-corrected chi connectivity index (χ3v) is 0.756. The first-order valence-electron chi connectivity index (χ1n) is 2.87. The molecule has 0 unspecified atom stereocenters. The second-order valence-corrected chi connectivity index (χ2v) is 1.45. The summed E-state index contributed by atoms with van der Waals surface area (Å²) < 4.78 is 0. The molecule has 0 amide bonds. The van der Waals surface area contributed by atoms with Crippen molar-refractivity contribution >= 4 is 6.79 Å². The molecule has 1 aromatic rings. The monoisotopic (exact) mass is 168 g/mol. The topological polar surface area (TPSA) is 99.1 Å².